The first-order valence-corrected chi connectivity index (χ1v) is 5.75. The van der Waals surface area contributed by atoms with E-state index in [1.54, 1.807) is 27.7 Å². The first kappa shape index (κ1) is 16.5. The van der Waals surface area contributed by atoms with Gasteiger partial charge in [-0.1, -0.05) is 0 Å². The van der Waals surface area contributed by atoms with E-state index in [0.29, 0.717) is 0 Å². The molecule has 18 heavy (non-hydrogen) atoms. The molecule has 0 aromatic carbocycles. The molecule has 1 saturated heterocycles. The molecule has 1 rings (SSSR count). The van der Waals surface area contributed by atoms with Crippen molar-refractivity contribution in [2.24, 2.45) is 10.2 Å². The Morgan fingerprint density at radius 3 is 1.22 bits per heavy atom. The van der Waals surface area contributed by atoms with Crippen molar-refractivity contribution >= 4 is 0 Å². The molecule has 1 aliphatic heterocycles. The van der Waals surface area contributed by atoms with Crippen LogP contribution in [0.3, 0.4) is 0 Å². The van der Waals surface area contributed by atoms with Gasteiger partial charge in [-0.2, -0.15) is 20.8 Å². The Hall–Kier alpha value is -1.50. The predicted molar refractivity (Wildman–Crippen MR) is 65.9 cm³/mol. The molecule has 0 radical (unpaired) electrons. The van der Waals surface area contributed by atoms with Crippen LogP contribution in [0, 0.1) is 22.7 Å². The third kappa shape index (κ3) is 8.63. The normalized spacial score (nSPS) is 16.3. The van der Waals surface area contributed by atoms with Crippen molar-refractivity contribution in [2.75, 3.05) is 26.4 Å². The van der Waals surface area contributed by atoms with Crippen LogP contribution in [0.15, 0.2) is 10.2 Å². The van der Waals surface area contributed by atoms with E-state index in [2.05, 4.69) is 10.2 Å². The van der Waals surface area contributed by atoms with Crippen molar-refractivity contribution in [2.45, 2.75) is 38.8 Å². The van der Waals surface area contributed by atoms with Crippen LogP contribution < -0.4 is 0 Å². The summed E-state index contributed by atoms with van der Waals surface area (Å²) in [7, 11) is 0. The van der Waals surface area contributed by atoms with Crippen molar-refractivity contribution in [3.63, 3.8) is 0 Å². The molecular weight excluding hydrogens is 232 g/mol. The maximum atomic E-state index is 8.58. The van der Waals surface area contributed by atoms with Gasteiger partial charge < -0.3 is 9.47 Å². The zero-order valence-corrected chi connectivity index (χ0v) is 11.4. The fourth-order valence-corrected chi connectivity index (χ4v) is 0.735. The maximum Gasteiger partial charge on any atom is 0.162 e. The largest absolute Gasteiger partial charge is 0.377 e. The van der Waals surface area contributed by atoms with Crippen LogP contribution in [0.2, 0.25) is 0 Å². The molecule has 0 atom stereocenters. The van der Waals surface area contributed by atoms with Crippen molar-refractivity contribution in [3.8, 4) is 12.1 Å². The number of hydrogen-bond acceptors (Lipinski definition) is 6. The Morgan fingerprint density at radius 2 is 1.06 bits per heavy atom. The van der Waals surface area contributed by atoms with E-state index in [4.69, 9.17) is 20.0 Å². The Morgan fingerprint density at radius 1 is 0.778 bits per heavy atom. The number of rotatable bonds is 2. The zero-order valence-electron chi connectivity index (χ0n) is 11.4. The molecule has 1 aliphatic rings. The third-order valence-corrected chi connectivity index (χ3v) is 1.84. The molecule has 0 aliphatic carbocycles. The Bertz CT molecular complexity index is 307. The lowest BCUT2D eigenvalue weighted by Gasteiger charge is -2.11. The van der Waals surface area contributed by atoms with Crippen LogP contribution in [-0.4, -0.2) is 37.5 Å². The molecule has 1 heterocycles. The van der Waals surface area contributed by atoms with Crippen LogP contribution >= 0.6 is 0 Å². The first-order chi connectivity index (χ1) is 8.33. The minimum atomic E-state index is -0.839. The van der Waals surface area contributed by atoms with Gasteiger partial charge in [-0.25, -0.2) is 0 Å². The number of nitriles is 2. The highest BCUT2D eigenvalue weighted by Crippen LogP contribution is 2.13. The number of nitrogens with zero attached hydrogens (tertiary/aromatic N) is 4. The van der Waals surface area contributed by atoms with Gasteiger partial charge in [0.1, 0.15) is 0 Å². The molecule has 0 spiro atoms. The van der Waals surface area contributed by atoms with Gasteiger partial charge >= 0.3 is 0 Å². The highest BCUT2D eigenvalue weighted by Gasteiger charge is 2.19. The average Bonchev–Trinajstić information content (AvgIpc) is 2.40. The molecular formula is C12H20N4O2. The summed E-state index contributed by atoms with van der Waals surface area (Å²) in [4.78, 5) is 0. The monoisotopic (exact) mass is 252 g/mol. The molecule has 0 aromatic rings. The molecule has 0 saturated carbocycles. The molecule has 0 aromatic heterocycles. The van der Waals surface area contributed by atoms with E-state index in [9.17, 15) is 0 Å². The van der Waals surface area contributed by atoms with Gasteiger partial charge in [-0.05, 0) is 27.7 Å². The first-order valence-electron chi connectivity index (χ1n) is 5.75. The lowest BCUT2D eigenvalue weighted by atomic mass is 10.1. The number of ether oxygens (including phenoxy) is 2. The molecule has 0 N–H and O–H groups in total. The molecule has 0 unspecified atom stereocenters. The van der Waals surface area contributed by atoms with Crippen molar-refractivity contribution in [3.05, 3.63) is 0 Å². The molecule has 6 heteroatoms. The highest BCUT2D eigenvalue weighted by molar-refractivity contribution is 5.03. The number of hydrogen-bond donors (Lipinski definition) is 0. The Labute approximate surface area is 108 Å². The smallest absolute Gasteiger partial charge is 0.162 e. The second-order valence-electron chi connectivity index (χ2n) is 4.77. The minimum Gasteiger partial charge on any atom is -0.377 e. The summed E-state index contributed by atoms with van der Waals surface area (Å²) in [6.45, 7) is 9.68. The van der Waals surface area contributed by atoms with Gasteiger partial charge in [0.2, 0.25) is 0 Å². The number of azo groups is 1. The van der Waals surface area contributed by atoms with E-state index in [0.717, 1.165) is 26.4 Å². The summed E-state index contributed by atoms with van der Waals surface area (Å²) in [5, 5.41) is 24.7. The van der Waals surface area contributed by atoms with Crippen LogP contribution in [0.5, 0.6) is 0 Å². The maximum absolute atomic E-state index is 8.58. The van der Waals surface area contributed by atoms with Gasteiger partial charge in [-0.15, -0.1) is 0 Å². The van der Waals surface area contributed by atoms with Crippen LogP contribution in [-0.2, 0) is 9.47 Å². The summed E-state index contributed by atoms with van der Waals surface area (Å²) in [5.74, 6) is 0. The molecule has 0 amide bonds. The Kier molecular flexibility index (Phi) is 7.11. The van der Waals surface area contributed by atoms with Crippen LogP contribution in [0.1, 0.15) is 27.7 Å². The van der Waals surface area contributed by atoms with E-state index in [-0.39, 0.29) is 0 Å². The minimum absolute atomic E-state index is 0.778. The summed E-state index contributed by atoms with van der Waals surface area (Å²) < 4.78 is 9.89. The second-order valence-corrected chi connectivity index (χ2v) is 4.77. The van der Waals surface area contributed by atoms with E-state index < -0.39 is 11.1 Å². The van der Waals surface area contributed by atoms with Crippen molar-refractivity contribution in [1.29, 1.82) is 10.5 Å². The van der Waals surface area contributed by atoms with E-state index >= 15 is 0 Å². The van der Waals surface area contributed by atoms with Crippen molar-refractivity contribution in [1.82, 2.24) is 0 Å². The molecule has 1 fully saturated rings. The standard InChI is InChI=1S/C8H12N4.C4H8O2/c1-7(2,5-9)11-12-8(3,4)6-10;1-2-6-4-3-5-1/h1-4H3;1-4H2. The van der Waals surface area contributed by atoms with Gasteiger partial charge in [0, 0.05) is 0 Å². The predicted octanol–water partition coefficient (Wildman–Crippen LogP) is 2.08. The molecule has 6 nitrogen and oxygen atoms in total. The van der Waals surface area contributed by atoms with Crippen LogP contribution in [0.4, 0.5) is 0 Å². The molecule has 0 bridgehead atoms. The second kappa shape index (κ2) is 7.75. The van der Waals surface area contributed by atoms with Gasteiger partial charge in [0.05, 0.1) is 38.6 Å². The van der Waals surface area contributed by atoms with Gasteiger partial charge in [0.25, 0.3) is 0 Å². The lowest BCUT2D eigenvalue weighted by Crippen LogP contribution is -2.17. The average molecular weight is 252 g/mol. The fraction of sp³-hybridized carbons (Fsp3) is 0.833. The van der Waals surface area contributed by atoms with Gasteiger partial charge in [0.15, 0.2) is 11.1 Å². The van der Waals surface area contributed by atoms with E-state index in [1.807, 2.05) is 12.1 Å². The van der Waals surface area contributed by atoms with Gasteiger partial charge in [-0.3, -0.25) is 0 Å². The lowest BCUT2D eigenvalue weighted by molar-refractivity contribution is -0.0334. The quantitative estimate of drug-likeness (QED) is 0.703. The van der Waals surface area contributed by atoms with Crippen LogP contribution in [0.25, 0.3) is 0 Å². The Balaban J connectivity index is 0.000000397. The SMILES string of the molecule is C1COCCO1.CC(C)(C#N)N=NC(C)(C)C#N. The summed E-state index contributed by atoms with van der Waals surface area (Å²) in [6.07, 6.45) is 0. The summed E-state index contributed by atoms with van der Waals surface area (Å²) >= 11 is 0. The van der Waals surface area contributed by atoms with E-state index in [1.165, 1.54) is 0 Å². The summed E-state index contributed by atoms with van der Waals surface area (Å²) in [5.41, 5.74) is -1.68. The molecule has 100 valence electrons. The highest BCUT2D eigenvalue weighted by atomic mass is 16.6. The fourth-order valence-electron chi connectivity index (χ4n) is 0.735. The van der Waals surface area contributed by atoms with Crippen molar-refractivity contribution < 1.29 is 9.47 Å². The zero-order chi connectivity index (χ0) is 14.1. The summed E-state index contributed by atoms with van der Waals surface area (Å²) in [6, 6.07) is 3.94. The topological polar surface area (TPSA) is 90.8 Å². The third-order valence-electron chi connectivity index (χ3n) is 1.84.